The molecule has 4 heteroatoms. The van der Waals surface area contributed by atoms with Crippen molar-refractivity contribution >= 4 is 33.9 Å². The van der Waals surface area contributed by atoms with E-state index in [1.807, 2.05) is 54.6 Å². The van der Waals surface area contributed by atoms with E-state index in [0.29, 0.717) is 11.1 Å². The number of H-pyrrole nitrogens is 1. The zero-order chi connectivity index (χ0) is 15.1. The molecule has 3 aromatic rings. The fourth-order valence-electron chi connectivity index (χ4n) is 2.87. The average Bonchev–Trinajstić information content (AvgIpc) is 3.08. The maximum atomic E-state index is 12.3. The number of fused-ring (bicyclic) bond motifs is 1. The zero-order valence-electron chi connectivity index (χ0n) is 11.6. The summed E-state index contributed by atoms with van der Waals surface area (Å²) in [5.74, 6) is -0.704. The van der Waals surface area contributed by atoms with E-state index in [2.05, 4.69) is 10.3 Å². The maximum absolute atomic E-state index is 12.3. The smallest absolute Gasteiger partial charge is 0.259 e. The molecule has 2 aromatic carbocycles. The topological polar surface area (TPSA) is 62.0 Å². The molecule has 4 rings (SSSR count). The maximum Gasteiger partial charge on any atom is 0.259 e. The summed E-state index contributed by atoms with van der Waals surface area (Å²) in [5, 5.41) is 3.33. The van der Waals surface area contributed by atoms with E-state index >= 15 is 0 Å². The van der Waals surface area contributed by atoms with E-state index in [4.69, 9.17) is 0 Å². The van der Waals surface area contributed by atoms with E-state index < -0.39 is 0 Å². The van der Waals surface area contributed by atoms with Crippen LogP contribution in [0.3, 0.4) is 0 Å². The number of hydrogen-bond donors (Lipinski definition) is 2. The summed E-state index contributed by atoms with van der Waals surface area (Å²) in [7, 11) is 0. The van der Waals surface area contributed by atoms with Crippen LogP contribution in [0.1, 0.15) is 11.1 Å². The normalized spacial score (nSPS) is 14.7. The van der Waals surface area contributed by atoms with Gasteiger partial charge >= 0.3 is 0 Å². The minimum atomic E-state index is -0.353. The molecule has 2 amide bonds. The molecule has 0 atom stereocenters. The second-order valence-electron chi connectivity index (χ2n) is 5.15. The van der Waals surface area contributed by atoms with Crippen LogP contribution in [0.15, 0.2) is 60.8 Å². The van der Waals surface area contributed by atoms with Crippen molar-refractivity contribution in [1.82, 2.24) is 10.3 Å². The summed E-state index contributed by atoms with van der Waals surface area (Å²) in [4.78, 5) is 27.7. The van der Waals surface area contributed by atoms with Crippen molar-refractivity contribution in [2.45, 2.75) is 0 Å². The third kappa shape index (κ3) is 1.78. The molecule has 1 aromatic heterocycles. The second-order valence-corrected chi connectivity index (χ2v) is 5.15. The van der Waals surface area contributed by atoms with Crippen LogP contribution in [-0.4, -0.2) is 16.8 Å². The molecule has 1 aliphatic rings. The molecule has 4 nitrogen and oxygen atoms in total. The summed E-state index contributed by atoms with van der Waals surface area (Å²) in [6.45, 7) is 0. The van der Waals surface area contributed by atoms with Crippen molar-refractivity contribution in [3.63, 3.8) is 0 Å². The fourth-order valence-corrected chi connectivity index (χ4v) is 2.87. The van der Waals surface area contributed by atoms with E-state index in [-0.39, 0.29) is 11.8 Å². The van der Waals surface area contributed by atoms with Crippen LogP contribution in [0.4, 0.5) is 0 Å². The number of aromatic amines is 1. The van der Waals surface area contributed by atoms with Crippen molar-refractivity contribution in [2.75, 3.05) is 0 Å². The molecule has 0 aliphatic carbocycles. The van der Waals surface area contributed by atoms with Crippen LogP contribution < -0.4 is 5.32 Å². The molecule has 2 N–H and O–H groups in total. The first-order valence-corrected chi connectivity index (χ1v) is 6.97. The summed E-state index contributed by atoms with van der Waals surface area (Å²) in [6.07, 6.45) is 1.78. The molecule has 0 radical (unpaired) electrons. The number of carbonyl (C=O) groups is 2. The van der Waals surface area contributed by atoms with Gasteiger partial charge in [-0.05, 0) is 11.6 Å². The van der Waals surface area contributed by atoms with Crippen LogP contribution in [0.2, 0.25) is 0 Å². The van der Waals surface area contributed by atoms with Gasteiger partial charge in [0.15, 0.2) is 0 Å². The fraction of sp³-hybridized carbons (Fsp3) is 0. The molecule has 2 heterocycles. The Bertz CT molecular complexity index is 936. The number of aromatic nitrogens is 1. The monoisotopic (exact) mass is 288 g/mol. The highest BCUT2D eigenvalue weighted by Crippen LogP contribution is 2.34. The predicted octanol–water partition coefficient (Wildman–Crippen LogP) is 2.74. The molecular formula is C18H12N2O2. The molecular weight excluding hydrogens is 276 g/mol. The standard InChI is InChI=1S/C18H12N2O2/c21-17-15(11-6-2-1-3-7-11)16(18(22)20-17)13-10-19-14-9-5-4-8-12(13)14/h1-10,19H,(H,20,21,22). The number of nitrogens with one attached hydrogen (secondary N) is 2. The van der Waals surface area contributed by atoms with E-state index in [1.165, 1.54) is 0 Å². The molecule has 22 heavy (non-hydrogen) atoms. The number of carbonyl (C=O) groups excluding carboxylic acids is 2. The molecule has 0 saturated carbocycles. The second kappa shape index (κ2) is 4.70. The van der Waals surface area contributed by atoms with E-state index in [1.54, 1.807) is 6.20 Å². The Labute approximate surface area is 126 Å². The van der Waals surface area contributed by atoms with Gasteiger partial charge in [-0.25, -0.2) is 0 Å². The van der Waals surface area contributed by atoms with Gasteiger partial charge in [0, 0.05) is 22.7 Å². The molecule has 0 unspecified atom stereocenters. The molecule has 1 aliphatic heterocycles. The van der Waals surface area contributed by atoms with Crippen LogP contribution in [0, 0.1) is 0 Å². The Hall–Kier alpha value is -3.14. The minimum Gasteiger partial charge on any atom is -0.361 e. The molecule has 0 saturated heterocycles. The lowest BCUT2D eigenvalue weighted by molar-refractivity contribution is -0.122. The SMILES string of the molecule is O=C1NC(=O)C(c2c[nH]c3ccccc23)=C1c1ccccc1. The molecule has 0 spiro atoms. The number of para-hydroxylation sites is 1. The number of amides is 2. The summed E-state index contributed by atoms with van der Waals surface area (Å²) in [5.41, 5.74) is 3.28. The highest BCUT2D eigenvalue weighted by atomic mass is 16.2. The lowest BCUT2D eigenvalue weighted by atomic mass is 9.96. The summed E-state index contributed by atoms with van der Waals surface area (Å²) < 4.78 is 0. The number of imide groups is 1. The number of rotatable bonds is 2. The Morgan fingerprint density at radius 3 is 2.23 bits per heavy atom. The van der Waals surface area contributed by atoms with Gasteiger partial charge in [-0.2, -0.15) is 0 Å². The van der Waals surface area contributed by atoms with Crippen molar-refractivity contribution in [3.05, 3.63) is 71.9 Å². The first-order valence-electron chi connectivity index (χ1n) is 6.97. The Morgan fingerprint density at radius 1 is 0.727 bits per heavy atom. The quantitative estimate of drug-likeness (QED) is 0.712. The summed E-state index contributed by atoms with van der Waals surface area (Å²) >= 11 is 0. The first kappa shape index (κ1) is 12.6. The van der Waals surface area contributed by atoms with Gasteiger partial charge in [-0.15, -0.1) is 0 Å². The Morgan fingerprint density at radius 2 is 1.41 bits per heavy atom. The van der Waals surface area contributed by atoms with Gasteiger partial charge < -0.3 is 4.98 Å². The van der Waals surface area contributed by atoms with Gasteiger partial charge in [-0.3, -0.25) is 14.9 Å². The molecule has 0 bridgehead atoms. The lowest BCUT2D eigenvalue weighted by Crippen LogP contribution is -2.22. The largest absolute Gasteiger partial charge is 0.361 e. The molecule has 106 valence electrons. The van der Waals surface area contributed by atoms with Crippen LogP contribution in [0.25, 0.3) is 22.0 Å². The number of benzene rings is 2. The van der Waals surface area contributed by atoms with Crippen molar-refractivity contribution in [1.29, 1.82) is 0 Å². The van der Waals surface area contributed by atoms with Crippen LogP contribution in [-0.2, 0) is 9.59 Å². The van der Waals surface area contributed by atoms with E-state index in [0.717, 1.165) is 22.0 Å². The first-order chi connectivity index (χ1) is 10.8. The van der Waals surface area contributed by atoms with Crippen LogP contribution in [0.5, 0.6) is 0 Å². The van der Waals surface area contributed by atoms with Crippen molar-refractivity contribution in [3.8, 4) is 0 Å². The van der Waals surface area contributed by atoms with Gasteiger partial charge in [0.05, 0.1) is 11.1 Å². The summed E-state index contributed by atoms with van der Waals surface area (Å²) in [6, 6.07) is 17.0. The van der Waals surface area contributed by atoms with Gasteiger partial charge in [-0.1, -0.05) is 48.5 Å². The van der Waals surface area contributed by atoms with E-state index in [9.17, 15) is 9.59 Å². The minimum absolute atomic E-state index is 0.350. The third-order valence-corrected chi connectivity index (χ3v) is 3.85. The van der Waals surface area contributed by atoms with Crippen molar-refractivity contribution < 1.29 is 9.59 Å². The van der Waals surface area contributed by atoms with Crippen LogP contribution >= 0.6 is 0 Å². The lowest BCUT2D eigenvalue weighted by Gasteiger charge is -2.03. The van der Waals surface area contributed by atoms with Gasteiger partial charge in [0.1, 0.15) is 0 Å². The van der Waals surface area contributed by atoms with Gasteiger partial charge in [0.2, 0.25) is 0 Å². The molecule has 0 fully saturated rings. The predicted molar refractivity (Wildman–Crippen MR) is 84.7 cm³/mol. The Balaban J connectivity index is 2.03. The average molecular weight is 288 g/mol. The Kier molecular flexibility index (Phi) is 2.69. The highest BCUT2D eigenvalue weighted by Gasteiger charge is 2.33. The van der Waals surface area contributed by atoms with Crippen molar-refractivity contribution in [2.24, 2.45) is 0 Å². The highest BCUT2D eigenvalue weighted by molar-refractivity contribution is 6.50. The number of hydrogen-bond acceptors (Lipinski definition) is 2. The zero-order valence-corrected chi connectivity index (χ0v) is 11.6. The van der Waals surface area contributed by atoms with Gasteiger partial charge in [0.25, 0.3) is 11.8 Å². The third-order valence-electron chi connectivity index (χ3n) is 3.85.